The summed E-state index contributed by atoms with van der Waals surface area (Å²) < 4.78 is 0. The number of benzene rings is 1. The van der Waals surface area contributed by atoms with Crippen molar-refractivity contribution in [1.29, 1.82) is 0 Å². The van der Waals surface area contributed by atoms with Crippen LogP contribution >= 0.6 is 0 Å². The Morgan fingerprint density at radius 2 is 1.80 bits per heavy atom. The molecular weight excluding hydrogens is 186 g/mol. The molecule has 1 aromatic carbocycles. The summed E-state index contributed by atoms with van der Waals surface area (Å²) in [5, 5.41) is 0. The van der Waals surface area contributed by atoms with Crippen LogP contribution in [0.25, 0.3) is 0 Å². The second-order valence-electron chi connectivity index (χ2n) is 3.71. The first kappa shape index (κ1) is 9.71. The monoisotopic (exact) mass is 199 g/mol. The van der Waals surface area contributed by atoms with Gasteiger partial charge in [-0.1, -0.05) is 30.3 Å². The van der Waals surface area contributed by atoms with Gasteiger partial charge in [0.05, 0.1) is 5.69 Å². The molecule has 0 unspecified atom stereocenters. The molecule has 2 aromatic rings. The SMILES string of the molecule is Cc1cc(C)c(C(=O)c2ccccc2)[nH]1. The molecule has 0 aliphatic carbocycles. The third-order valence-electron chi connectivity index (χ3n) is 2.41. The zero-order chi connectivity index (χ0) is 10.8. The van der Waals surface area contributed by atoms with Crippen LogP contribution in [0.1, 0.15) is 27.3 Å². The Morgan fingerprint density at radius 1 is 1.13 bits per heavy atom. The van der Waals surface area contributed by atoms with Gasteiger partial charge in [0, 0.05) is 11.3 Å². The van der Waals surface area contributed by atoms with Gasteiger partial charge in [-0.05, 0) is 25.5 Å². The minimum Gasteiger partial charge on any atom is -0.356 e. The molecule has 0 amide bonds. The number of rotatable bonds is 2. The molecule has 0 saturated heterocycles. The summed E-state index contributed by atoms with van der Waals surface area (Å²) in [7, 11) is 0. The van der Waals surface area contributed by atoms with E-state index in [2.05, 4.69) is 4.98 Å². The van der Waals surface area contributed by atoms with Crippen LogP contribution in [0.5, 0.6) is 0 Å². The second kappa shape index (κ2) is 3.73. The fraction of sp³-hybridized carbons (Fsp3) is 0.154. The Labute approximate surface area is 89.0 Å². The van der Waals surface area contributed by atoms with E-state index >= 15 is 0 Å². The average Bonchev–Trinajstić information content (AvgIpc) is 2.58. The highest BCUT2D eigenvalue weighted by Gasteiger charge is 2.12. The van der Waals surface area contributed by atoms with Crippen LogP contribution < -0.4 is 0 Å². The molecule has 0 atom stereocenters. The molecule has 1 N–H and O–H groups in total. The highest BCUT2D eigenvalue weighted by atomic mass is 16.1. The number of carbonyl (C=O) groups excluding carboxylic acids is 1. The lowest BCUT2D eigenvalue weighted by Crippen LogP contribution is -2.03. The summed E-state index contributed by atoms with van der Waals surface area (Å²) >= 11 is 0. The summed E-state index contributed by atoms with van der Waals surface area (Å²) in [5.41, 5.74) is 3.44. The summed E-state index contributed by atoms with van der Waals surface area (Å²) in [5.74, 6) is 0.0567. The van der Waals surface area contributed by atoms with Gasteiger partial charge in [0.25, 0.3) is 0 Å². The molecule has 0 bridgehead atoms. The fourth-order valence-electron chi connectivity index (χ4n) is 1.70. The standard InChI is InChI=1S/C13H13NO/c1-9-8-10(2)14-12(9)13(15)11-6-4-3-5-7-11/h3-8,14H,1-2H3. The van der Waals surface area contributed by atoms with Crippen molar-refractivity contribution in [2.75, 3.05) is 0 Å². The lowest BCUT2D eigenvalue weighted by Gasteiger charge is -1.99. The summed E-state index contributed by atoms with van der Waals surface area (Å²) in [4.78, 5) is 15.1. The lowest BCUT2D eigenvalue weighted by atomic mass is 10.1. The highest BCUT2D eigenvalue weighted by Crippen LogP contribution is 2.14. The molecule has 0 fully saturated rings. The Balaban J connectivity index is 2.41. The Bertz CT molecular complexity index is 482. The van der Waals surface area contributed by atoms with Crippen molar-refractivity contribution in [3.05, 3.63) is 58.9 Å². The fourth-order valence-corrected chi connectivity index (χ4v) is 1.70. The zero-order valence-corrected chi connectivity index (χ0v) is 8.87. The molecule has 0 saturated carbocycles. The van der Waals surface area contributed by atoms with Gasteiger partial charge < -0.3 is 4.98 Å². The third kappa shape index (κ3) is 1.84. The molecule has 2 nitrogen and oxygen atoms in total. The molecule has 76 valence electrons. The Hall–Kier alpha value is -1.83. The predicted octanol–water partition coefficient (Wildman–Crippen LogP) is 2.86. The van der Waals surface area contributed by atoms with Crippen LogP contribution in [0.2, 0.25) is 0 Å². The number of carbonyl (C=O) groups is 1. The van der Waals surface area contributed by atoms with E-state index in [1.807, 2.05) is 50.2 Å². The number of aryl methyl sites for hydroxylation is 2. The van der Waals surface area contributed by atoms with Crippen LogP contribution in [0.4, 0.5) is 0 Å². The largest absolute Gasteiger partial charge is 0.356 e. The normalized spacial score (nSPS) is 10.3. The van der Waals surface area contributed by atoms with Crippen LogP contribution in [0, 0.1) is 13.8 Å². The second-order valence-corrected chi connectivity index (χ2v) is 3.71. The minimum atomic E-state index is 0.0567. The summed E-state index contributed by atoms with van der Waals surface area (Å²) in [6.45, 7) is 3.90. The highest BCUT2D eigenvalue weighted by molar-refractivity contribution is 6.08. The van der Waals surface area contributed by atoms with E-state index in [4.69, 9.17) is 0 Å². The van der Waals surface area contributed by atoms with Gasteiger partial charge in [-0.15, -0.1) is 0 Å². The van der Waals surface area contributed by atoms with Crippen molar-refractivity contribution in [1.82, 2.24) is 4.98 Å². The van der Waals surface area contributed by atoms with Gasteiger partial charge in [0.2, 0.25) is 5.78 Å². The number of hydrogen-bond acceptors (Lipinski definition) is 1. The van der Waals surface area contributed by atoms with Crippen LogP contribution in [-0.2, 0) is 0 Å². The third-order valence-corrected chi connectivity index (χ3v) is 2.41. The van der Waals surface area contributed by atoms with Crippen molar-refractivity contribution in [3.63, 3.8) is 0 Å². The van der Waals surface area contributed by atoms with E-state index in [9.17, 15) is 4.79 Å². The van der Waals surface area contributed by atoms with Crippen molar-refractivity contribution in [3.8, 4) is 0 Å². The Morgan fingerprint density at radius 3 is 2.33 bits per heavy atom. The van der Waals surface area contributed by atoms with E-state index in [-0.39, 0.29) is 5.78 Å². The van der Waals surface area contributed by atoms with E-state index < -0.39 is 0 Å². The molecule has 0 spiro atoms. The van der Waals surface area contributed by atoms with Crippen LogP contribution in [-0.4, -0.2) is 10.8 Å². The summed E-state index contributed by atoms with van der Waals surface area (Å²) in [6.07, 6.45) is 0. The summed E-state index contributed by atoms with van der Waals surface area (Å²) in [6, 6.07) is 11.3. The van der Waals surface area contributed by atoms with Gasteiger partial charge in [0.15, 0.2) is 0 Å². The first-order chi connectivity index (χ1) is 7.18. The zero-order valence-electron chi connectivity index (χ0n) is 8.87. The van der Waals surface area contributed by atoms with Gasteiger partial charge >= 0.3 is 0 Å². The number of H-pyrrole nitrogens is 1. The minimum absolute atomic E-state index is 0.0567. The van der Waals surface area contributed by atoms with Gasteiger partial charge in [-0.2, -0.15) is 0 Å². The van der Waals surface area contributed by atoms with Crippen molar-refractivity contribution >= 4 is 5.78 Å². The van der Waals surface area contributed by atoms with E-state index in [0.717, 1.165) is 16.8 Å². The van der Waals surface area contributed by atoms with E-state index in [1.54, 1.807) is 0 Å². The number of aromatic nitrogens is 1. The predicted molar refractivity (Wildman–Crippen MR) is 60.1 cm³/mol. The smallest absolute Gasteiger partial charge is 0.209 e. The Kier molecular flexibility index (Phi) is 2.42. The topological polar surface area (TPSA) is 32.9 Å². The molecule has 0 radical (unpaired) electrons. The number of ketones is 1. The van der Waals surface area contributed by atoms with Crippen molar-refractivity contribution in [2.45, 2.75) is 13.8 Å². The molecule has 0 aliphatic heterocycles. The van der Waals surface area contributed by atoms with Crippen molar-refractivity contribution in [2.24, 2.45) is 0 Å². The molecule has 0 aliphatic rings. The quantitative estimate of drug-likeness (QED) is 0.741. The van der Waals surface area contributed by atoms with Crippen LogP contribution in [0.3, 0.4) is 0 Å². The van der Waals surface area contributed by atoms with Crippen molar-refractivity contribution < 1.29 is 4.79 Å². The maximum atomic E-state index is 12.0. The molecule has 1 heterocycles. The van der Waals surface area contributed by atoms with E-state index in [0.29, 0.717) is 5.69 Å². The first-order valence-electron chi connectivity index (χ1n) is 4.94. The molecule has 15 heavy (non-hydrogen) atoms. The van der Waals surface area contributed by atoms with E-state index in [1.165, 1.54) is 0 Å². The lowest BCUT2D eigenvalue weighted by molar-refractivity contribution is 0.103. The first-order valence-corrected chi connectivity index (χ1v) is 4.94. The molecule has 2 heteroatoms. The number of hydrogen-bond donors (Lipinski definition) is 1. The number of nitrogens with one attached hydrogen (secondary N) is 1. The van der Waals surface area contributed by atoms with Gasteiger partial charge in [-0.25, -0.2) is 0 Å². The maximum absolute atomic E-state index is 12.0. The number of aromatic amines is 1. The molecule has 2 rings (SSSR count). The average molecular weight is 199 g/mol. The molecular formula is C13H13NO. The van der Waals surface area contributed by atoms with Gasteiger partial charge in [-0.3, -0.25) is 4.79 Å². The van der Waals surface area contributed by atoms with Crippen LogP contribution in [0.15, 0.2) is 36.4 Å². The maximum Gasteiger partial charge on any atom is 0.209 e. The molecule has 1 aromatic heterocycles. The van der Waals surface area contributed by atoms with Gasteiger partial charge in [0.1, 0.15) is 0 Å².